The fraction of sp³-hybridized carbons (Fsp3) is 0.333. The molecule has 1 heterocycles. The summed E-state index contributed by atoms with van der Waals surface area (Å²) in [7, 11) is 0. The summed E-state index contributed by atoms with van der Waals surface area (Å²) in [5.41, 5.74) is 6.21. The average molecular weight is 171 g/mol. The first-order valence-corrected chi connectivity index (χ1v) is 4.02. The van der Waals surface area contributed by atoms with Gasteiger partial charge in [0.2, 0.25) is 6.41 Å². The van der Waals surface area contributed by atoms with Gasteiger partial charge in [0.15, 0.2) is 5.13 Å². The molecule has 0 radical (unpaired) electrons. The minimum Gasteiger partial charge on any atom is -0.375 e. The number of nitrogens with zero attached hydrogens (tertiary/aromatic N) is 1. The van der Waals surface area contributed by atoms with Crippen molar-refractivity contribution in [3.8, 4) is 0 Å². The molecule has 1 atom stereocenters. The molecule has 5 heteroatoms. The molecule has 0 spiro atoms. The van der Waals surface area contributed by atoms with Crippen LogP contribution in [0.5, 0.6) is 0 Å². The van der Waals surface area contributed by atoms with E-state index in [-0.39, 0.29) is 6.04 Å². The van der Waals surface area contributed by atoms with Crippen LogP contribution in [0.3, 0.4) is 0 Å². The van der Waals surface area contributed by atoms with E-state index in [4.69, 9.17) is 5.73 Å². The van der Waals surface area contributed by atoms with E-state index in [0.717, 1.165) is 5.69 Å². The summed E-state index contributed by atoms with van der Waals surface area (Å²) in [5, 5.41) is 4.94. The highest BCUT2D eigenvalue weighted by Crippen LogP contribution is 2.16. The van der Waals surface area contributed by atoms with Gasteiger partial charge in [0.25, 0.3) is 0 Å². The van der Waals surface area contributed by atoms with Gasteiger partial charge in [-0.2, -0.15) is 0 Å². The Labute approximate surface area is 68.4 Å². The van der Waals surface area contributed by atoms with Crippen molar-refractivity contribution in [1.82, 2.24) is 10.3 Å². The summed E-state index contributed by atoms with van der Waals surface area (Å²) in [6.45, 7) is 1.85. The molecule has 1 aromatic heterocycles. The van der Waals surface area contributed by atoms with Crippen LogP contribution in [0, 0.1) is 0 Å². The topological polar surface area (TPSA) is 68.0 Å². The van der Waals surface area contributed by atoms with Crippen molar-refractivity contribution in [2.45, 2.75) is 13.0 Å². The Bertz CT molecular complexity index is 248. The lowest BCUT2D eigenvalue weighted by Gasteiger charge is -2.04. The molecule has 0 aliphatic heterocycles. The molecule has 1 aromatic rings. The number of aromatic nitrogens is 1. The van der Waals surface area contributed by atoms with Crippen LogP contribution >= 0.6 is 11.3 Å². The maximum Gasteiger partial charge on any atom is 0.207 e. The van der Waals surface area contributed by atoms with E-state index in [1.807, 2.05) is 12.3 Å². The number of anilines is 1. The van der Waals surface area contributed by atoms with Gasteiger partial charge >= 0.3 is 0 Å². The lowest BCUT2D eigenvalue weighted by molar-refractivity contribution is -0.110. The number of hydrogen-bond acceptors (Lipinski definition) is 4. The first-order valence-electron chi connectivity index (χ1n) is 3.14. The third-order valence-electron chi connectivity index (χ3n) is 1.30. The third kappa shape index (κ3) is 1.91. The molecule has 0 aromatic carbocycles. The zero-order valence-electron chi connectivity index (χ0n) is 6.07. The molecule has 11 heavy (non-hydrogen) atoms. The summed E-state index contributed by atoms with van der Waals surface area (Å²) in [4.78, 5) is 14.0. The van der Waals surface area contributed by atoms with Crippen LogP contribution < -0.4 is 11.1 Å². The van der Waals surface area contributed by atoms with Gasteiger partial charge in [-0.05, 0) is 6.92 Å². The van der Waals surface area contributed by atoms with Gasteiger partial charge in [-0.3, -0.25) is 4.79 Å². The number of nitrogens with two attached hydrogens (primary N) is 1. The average Bonchev–Trinajstić information content (AvgIpc) is 2.36. The highest BCUT2D eigenvalue weighted by atomic mass is 32.1. The zero-order chi connectivity index (χ0) is 8.27. The van der Waals surface area contributed by atoms with Gasteiger partial charge in [-0.15, -0.1) is 11.3 Å². The molecule has 60 valence electrons. The van der Waals surface area contributed by atoms with Crippen molar-refractivity contribution in [2.75, 3.05) is 5.73 Å². The standard InChI is InChI=1S/C6H9N3OS/c1-4(8-3-10)5-2-11-6(7)9-5/h2-4H,1H3,(H2,7,9)(H,8,10). The monoisotopic (exact) mass is 171 g/mol. The Morgan fingerprint density at radius 2 is 2.64 bits per heavy atom. The molecule has 1 amide bonds. The predicted molar refractivity (Wildman–Crippen MR) is 44.1 cm³/mol. The van der Waals surface area contributed by atoms with Crippen LogP contribution in [0.4, 0.5) is 5.13 Å². The molecule has 1 rings (SSSR count). The van der Waals surface area contributed by atoms with Crippen molar-refractivity contribution < 1.29 is 4.79 Å². The number of carbonyl (C=O) groups is 1. The number of hydrogen-bond donors (Lipinski definition) is 2. The van der Waals surface area contributed by atoms with Crippen molar-refractivity contribution in [3.63, 3.8) is 0 Å². The third-order valence-corrected chi connectivity index (χ3v) is 1.99. The quantitative estimate of drug-likeness (QED) is 0.652. The first kappa shape index (κ1) is 8.00. The van der Waals surface area contributed by atoms with E-state index in [2.05, 4.69) is 10.3 Å². The van der Waals surface area contributed by atoms with E-state index < -0.39 is 0 Å². The van der Waals surface area contributed by atoms with E-state index in [1.54, 1.807) is 0 Å². The first-order chi connectivity index (χ1) is 5.24. The Morgan fingerprint density at radius 1 is 1.91 bits per heavy atom. The molecule has 0 fully saturated rings. The number of rotatable bonds is 3. The summed E-state index contributed by atoms with van der Waals surface area (Å²) >= 11 is 1.37. The van der Waals surface area contributed by atoms with Crippen LogP contribution in [0.1, 0.15) is 18.7 Å². The van der Waals surface area contributed by atoms with Gasteiger partial charge in [-0.1, -0.05) is 0 Å². The number of nitrogens with one attached hydrogen (secondary N) is 1. The van der Waals surface area contributed by atoms with Crippen molar-refractivity contribution in [3.05, 3.63) is 11.1 Å². The summed E-state index contributed by atoms with van der Waals surface area (Å²) in [6, 6.07) is -0.0546. The molecule has 4 nitrogen and oxygen atoms in total. The van der Waals surface area contributed by atoms with Crippen LogP contribution in [0.2, 0.25) is 0 Å². The summed E-state index contributed by atoms with van der Waals surface area (Å²) < 4.78 is 0. The largest absolute Gasteiger partial charge is 0.375 e. The van der Waals surface area contributed by atoms with Gasteiger partial charge in [0.1, 0.15) is 0 Å². The van der Waals surface area contributed by atoms with Crippen LogP contribution in [0.25, 0.3) is 0 Å². The van der Waals surface area contributed by atoms with Crippen molar-refractivity contribution in [2.24, 2.45) is 0 Å². The molecule has 0 saturated carbocycles. The van der Waals surface area contributed by atoms with Crippen LogP contribution in [0.15, 0.2) is 5.38 Å². The molecule has 0 bridgehead atoms. The molecular formula is C6H9N3OS. The molecule has 0 aliphatic rings. The molecule has 1 unspecified atom stereocenters. The van der Waals surface area contributed by atoms with E-state index in [1.165, 1.54) is 11.3 Å². The van der Waals surface area contributed by atoms with Crippen LogP contribution in [-0.4, -0.2) is 11.4 Å². The molecular weight excluding hydrogens is 162 g/mol. The summed E-state index contributed by atoms with van der Waals surface area (Å²) in [6.07, 6.45) is 0.653. The minimum absolute atomic E-state index is 0.0546. The lowest BCUT2D eigenvalue weighted by atomic mass is 10.3. The van der Waals surface area contributed by atoms with Crippen molar-refractivity contribution in [1.29, 1.82) is 0 Å². The maximum absolute atomic E-state index is 10.0. The van der Waals surface area contributed by atoms with E-state index in [9.17, 15) is 4.79 Å². The normalized spacial score (nSPS) is 12.5. The smallest absolute Gasteiger partial charge is 0.207 e. The molecule has 0 saturated heterocycles. The number of nitrogen functional groups attached to an aromatic ring is 1. The van der Waals surface area contributed by atoms with Crippen LogP contribution in [-0.2, 0) is 4.79 Å². The fourth-order valence-corrected chi connectivity index (χ4v) is 1.34. The Hall–Kier alpha value is -1.10. The van der Waals surface area contributed by atoms with Gasteiger partial charge < -0.3 is 11.1 Å². The highest BCUT2D eigenvalue weighted by molar-refractivity contribution is 7.13. The van der Waals surface area contributed by atoms with Gasteiger partial charge in [0, 0.05) is 5.38 Å². The minimum atomic E-state index is -0.0546. The highest BCUT2D eigenvalue weighted by Gasteiger charge is 2.06. The van der Waals surface area contributed by atoms with E-state index >= 15 is 0 Å². The SMILES string of the molecule is CC(NC=O)c1csc(N)n1. The summed E-state index contributed by atoms with van der Waals surface area (Å²) in [5.74, 6) is 0. The number of thiazole rings is 1. The number of carbonyl (C=O) groups excluding carboxylic acids is 1. The second kappa shape index (κ2) is 3.34. The zero-order valence-corrected chi connectivity index (χ0v) is 6.89. The number of amides is 1. The Morgan fingerprint density at radius 3 is 3.09 bits per heavy atom. The molecule has 3 N–H and O–H groups in total. The van der Waals surface area contributed by atoms with Gasteiger partial charge in [0.05, 0.1) is 11.7 Å². The second-order valence-corrected chi connectivity index (χ2v) is 3.01. The lowest BCUT2D eigenvalue weighted by Crippen LogP contribution is -2.16. The Kier molecular flexibility index (Phi) is 2.43. The second-order valence-electron chi connectivity index (χ2n) is 2.12. The van der Waals surface area contributed by atoms with E-state index in [0.29, 0.717) is 11.5 Å². The molecule has 0 aliphatic carbocycles. The maximum atomic E-state index is 10.0. The fourth-order valence-electron chi connectivity index (χ4n) is 0.687. The predicted octanol–water partition coefficient (Wildman–Crippen LogP) is 0.532. The van der Waals surface area contributed by atoms with Gasteiger partial charge in [-0.25, -0.2) is 4.98 Å². The van der Waals surface area contributed by atoms with Crippen molar-refractivity contribution >= 4 is 22.9 Å². The Balaban J connectivity index is 2.67.